The third kappa shape index (κ3) is 2.28. The molecule has 1 aromatic carbocycles. The summed E-state index contributed by atoms with van der Waals surface area (Å²) in [5.74, 6) is 0. The highest BCUT2D eigenvalue weighted by atomic mass is 16.3. The molecule has 1 aromatic rings. The van der Waals surface area contributed by atoms with Gasteiger partial charge in [0.15, 0.2) is 0 Å². The van der Waals surface area contributed by atoms with Crippen molar-refractivity contribution in [2.24, 2.45) is 0 Å². The van der Waals surface area contributed by atoms with Gasteiger partial charge in [0, 0.05) is 19.6 Å². The molecule has 0 aliphatic carbocycles. The van der Waals surface area contributed by atoms with Crippen LogP contribution in [0.1, 0.15) is 16.7 Å². The van der Waals surface area contributed by atoms with Gasteiger partial charge in [-0.15, -0.1) is 0 Å². The van der Waals surface area contributed by atoms with Gasteiger partial charge in [0.25, 0.3) is 0 Å². The van der Waals surface area contributed by atoms with Gasteiger partial charge in [-0.05, 0) is 23.1 Å². The van der Waals surface area contributed by atoms with Gasteiger partial charge in [0.1, 0.15) is 0 Å². The molecule has 0 fully saturated rings. The van der Waals surface area contributed by atoms with Gasteiger partial charge in [0.05, 0.1) is 6.61 Å². The van der Waals surface area contributed by atoms with Crippen molar-refractivity contribution in [3.8, 4) is 0 Å². The summed E-state index contributed by atoms with van der Waals surface area (Å²) in [7, 11) is 0. The predicted molar refractivity (Wildman–Crippen MR) is 62.6 cm³/mol. The van der Waals surface area contributed by atoms with Crippen LogP contribution in [0, 0.1) is 0 Å². The van der Waals surface area contributed by atoms with Crippen molar-refractivity contribution in [3.63, 3.8) is 0 Å². The van der Waals surface area contributed by atoms with Gasteiger partial charge in [0.2, 0.25) is 0 Å². The van der Waals surface area contributed by atoms with E-state index < -0.39 is 0 Å². The maximum atomic E-state index is 8.91. The summed E-state index contributed by atoms with van der Waals surface area (Å²) in [6.07, 6.45) is 2.97. The highest BCUT2D eigenvalue weighted by Crippen LogP contribution is 2.20. The number of aliphatic hydroxyl groups is 1. The largest absolute Gasteiger partial charge is 0.395 e. The number of rotatable bonds is 3. The van der Waals surface area contributed by atoms with Gasteiger partial charge >= 0.3 is 0 Å². The average molecular weight is 203 g/mol. The topological polar surface area (TPSA) is 23.5 Å². The number of β-amino-alcohol motifs (C(OH)–C–C–N with tert-alkyl or cyclic N) is 1. The lowest BCUT2D eigenvalue weighted by atomic mass is 9.97. The maximum absolute atomic E-state index is 8.91. The van der Waals surface area contributed by atoms with Gasteiger partial charge in [-0.25, -0.2) is 0 Å². The highest BCUT2D eigenvalue weighted by Gasteiger charge is 2.15. The second-order valence-corrected chi connectivity index (χ2v) is 3.98. The first-order chi connectivity index (χ1) is 7.33. The zero-order chi connectivity index (χ0) is 10.7. The molecule has 80 valence electrons. The quantitative estimate of drug-likeness (QED) is 0.808. The number of aliphatic hydroxyl groups excluding tert-OH is 1. The average Bonchev–Trinajstić information content (AvgIpc) is 2.28. The minimum absolute atomic E-state index is 0.247. The Bertz CT molecular complexity index is 360. The van der Waals surface area contributed by atoms with E-state index in [1.807, 2.05) is 6.08 Å². The zero-order valence-corrected chi connectivity index (χ0v) is 8.95. The Balaban J connectivity index is 2.19. The smallest absolute Gasteiger partial charge is 0.0558 e. The first-order valence-corrected chi connectivity index (χ1v) is 5.41. The lowest BCUT2D eigenvalue weighted by Crippen LogP contribution is -2.32. The normalized spacial score (nSPS) is 16.1. The molecule has 1 N–H and O–H groups in total. The number of benzene rings is 1. The molecule has 1 aliphatic rings. The molecule has 1 aliphatic heterocycles. The fraction of sp³-hybridized carbons (Fsp3) is 0.385. The van der Waals surface area contributed by atoms with Crippen LogP contribution in [0.2, 0.25) is 0 Å². The molecule has 0 saturated heterocycles. The molecule has 0 atom stereocenters. The van der Waals surface area contributed by atoms with Crippen molar-refractivity contribution in [2.45, 2.75) is 13.0 Å². The Morgan fingerprint density at radius 2 is 2.27 bits per heavy atom. The van der Waals surface area contributed by atoms with Crippen LogP contribution in [-0.4, -0.2) is 29.7 Å². The second-order valence-electron chi connectivity index (χ2n) is 3.98. The van der Waals surface area contributed by atoms with E-state index in [9.17, 15) is 0 Å². The van der Waals surface area contributed by atoms with Crippen LogP contribution >= 0.6 is 0 Å². The Labute approximate surface area is 90.8 Å². The van der Waals surface area contributed by atoms with Crippen molar-refractivity contribution >= 4 is 6.08 Å². The van der Waals surface area contributed by atoms with Gasteiger partial charge in [-0.3, -0.25) is 4.90 Å². The van der Waals surface area contributed by atoms with E-state index in [2.05, 4.69) is 29.7 Å². The summed E-state index contributed by atoms with van der Waals surface area (Å²) in [5.41, 5.74) is 4.00. The van der Waals surface area contributed by atoms with Crippen LogP contribution in [0.15, 0.2) is 24.8 Å². The van der Waals surface area contributed by atoms with Crippen molar-refractivity contribution in [3.05, 3.63) is 41.5 Å². The number of hydrogen-bond donors (Lipinski definition) is 1. The second kappa shape index (κ2) is 4.60. The summed E-state index contributed by atoms with van der Waals surface area (Å²) in [5, 5.41) is 8.91. The molecule has 2 heteroatoms. The number of nitrogens with zero attached hydrogens (tertiary/aromatic N) is 1. The van der Waals surface area contributed by atoms with E-state index in [-0.39, 0.29) is 6.61 Å². The third-order valence-corrected chi connectivity index (χ3v) is 2.97. The molecule has 2 rings (SSSR count). The maximum Gasteiger partial charge on any atom is 0.0558 e. The van der Waals surface area contributed by atoms with Gasteiger partial charge in [-0.2, -0.15) is 0 Å². The zero-order valence-electron chi connectivity index (χ0n) is 8.95. The summed E-state index contributed by atoms with van der Waals surface area (Å²) < 4.78 is 0. The monoisotopic (exact) mass is 203 g/mol. The molecule has 0 bridgehead atoms. The molecule has 0 aromatic heterocycles. The van der Waals surface area contributed by atoms with Crippen LogP contribution in [0.25, 0.3) is 6.08 Å². The first kappa shape index (κ1) is 10.4. The Hall–Kier alpha value is -1.12. The molecule has 15 heavy (non-hydrogen) atoms. The minimum atomic E-state index is 0.247. The molecule has 2 nitrogen and oxygen atoms in total. The Morgan fingerprint density at radius 1 is 1.40 bits per heavy atom. The lowest BCUT2D eigenvalue weighted by Gasteiger charge is -2.28. The van der Waals surface area contributed by atoms with Crippen LogP contribution in [0.3, 0.4) is 0 Å². The fourth-order valence-electron chi connectivity index (χ4n) is 2.09. The van der Waals surface area contributed by atoms with E-state index >= 15 is 0 Å². The summed E-state index contributed by atoms with van der Waals surface area (Å²) in [4.78, 5) is 2.29. The van der Waals surface area contributed by atoms with Gasteiger partial charge < -0.3 is 5.11 Å². The van der Waals surface area contributed by atoms with Crippen LogP contribution < -0.4 is 0 Å². The number of hydrogen-bond acceptors (Lipinski definition) is 2. The minimum Gasteiger partial charge on any atom is -0.395 e. The summed E-state index contributed by atoms with van der Waals surface area (Å²) in [6.45, 7) is 6.82. The van der Waals surface area contributed by atoms with Crippen molar-refractivity contribution in [1.82, 2.24) is 4.90 Å². The van der Waals surface area contributed by atoms with E-state index in [0.29, 0.717) is 0 Å². The molecule has 0 radical (unpaired) electrons. The SMILES string of the molecule is C=Cc1ccc2c(c1)CN(CCO)CC2. The fourth-order valence-corrected chi connectivity index (χ4v) is 2.09. The van der Waals surface area contributed by atoms with E-state index in [1.54, 1.807) is 0 Å². The third-order valence-electron chi connectivity index (χ3n) is 2.97. The summed E-state index contributed by atoms with van der Waals surface area (Å²) in [6, 6.07) is 6.52. The van der Waals surface area contributed by atoms with Crippen molar-refractivity contribution in [1.29, 1.82) is 0 Å². The summed E-state index contributed by atoms with van der Waals surface area (Å²) >= 11 is 0. The highest BCUT2D eigenvalue weighted by molar-refractivity contribution is 5.50. The van der Waals surface area contributed by atoms with Gasteiger partial charge in [-0.1, -0.05) is 30.9 Å². The Morgan fingerprint density at radius 3 is 3.00 bits per heavy atom. The molecule has 0 saturated carbocycles. The van der Waals surface area contributed by atoms with E-state index in [4.69, 9.17) is 5.11 Å². The van der Waals surface area contributed by atoms with Crippen molar-refractivity contribution < 1.29 is 5.11 Å². The van der Waals surface area contributed by atoms with Crippen molar-refractivity contribution in [2.75, 3.05) is 19.7 Å². The molecular weight excluding hydrogens is 186 g/mol. The molecule has 0 amide bonds. The first-order valence-electron chi connectivity index (χ1n) is 5.41. The molecular formula is C13H17NO. The van der Waals surface area contributed by atoms with Crippen LogP contribution in [-0.2, 0) is 13.0 Å². The van der Waals surface area contributed by atoms with E-state index in [0.717, 1.165) is 26.1 Å². The van der Waals surface area contributed by atoms with E-state index in [1.165, 1.54) is 16.7 Å². The predicted octanol–water partition coefficient (Wildman–Crippen LogP) is 1.68. The number of fused-ring (bicyclic) bond motifs is 1. The standard InChI is InChI=1S/C13H17NO/c1-2-11-3-4-12-5-6-14(7-8-15)10-13(12)9-11/h2-4,9,15H,1,5-8,10H2. The Kier molecular flexibility index (Phi) is 3.19. The molecule has 0 unspecified atom stereocenters. The van der Waals surface area contributed by atoms with Crippen LogP contribution in [0.5, 0.6) is 0 Å². The molecule has 1 heterocycles. The van der Waals surface area contributed by atoms with Crippen LogP contribution in [0.4, 0.5) is 0 Å². The lowest BCUT2D eigenvalue weighted by molar-refractivity contribution is 0.184. The molecule has 0 spiro atoms.